The molecule has 0 bridgehead atoms. The van der Waals surface area contributed by atoms with E-state index in [0.29, 0.717) is 18.4 Å². The van der Waals surface area contributed by atoms with E-state index in [0.717, 1.165) is 37.1 Å². The van der Waals surface area contributed by atoms with E-state index in [1.165, 1.54) is 7.11 Å². The molecule has 7 nitrogen and oxygen atoms in total. The van der Waals surface area contributed by atoms with E-state index in [4.69, 9.17) is 4.74 Å². The van der Waals surface area contributed by atoms with Crippen molar-refractivity contribution in [3.05, 3.63) is 69.1 Å². The van der Waals surface area contributed by atoms with Crippen molar-refractivity contribution in [3.63, 3.8) is 0 Å². The van der Waals surface area contributed by atoms with Gasteiger partial charge >= 0.3 is 5.97 Å². The van der Waals surface area contributed by atoms with Gasteiger partial charge in [0.2, 0.25) is 0 Å². The molecule has 1 saturated heterocycles. The van der Waals surface area contributed by atoms with Crippen molar-refractivity contribution in [1.82, 2.24) is 15.2 Å². The Labute approximate surface area is 187 Å². The number of esters is 1. The fourth-order valence-corrected chi connectivity index (χ4v) is 4.66. The highest BCUT2D eigenvalue weighted by Crippen LogP contribution is 2.31. The zero-order valence-electron chi connectivity index (χ0n) is 17.8. The second-order valence-corrected chi connectivity index (χ2v) is 8.22. The Morgan fingerprint density at radius 2 is 1.74 bits per heavy atom. The number of carbonyl (C=O) groups is 2. The molecule has 2 N–H and O–H groups in total. The largest absolute Gasteiger partial charge is 0.467 e. The van der Waals surface area contributed by atoms with Gasteiger partial charge in [0, 0.05) is 25.1 Å². The summed E-state index contributed by atoms with van der Waals surface area (Å²) < 4.78 is 6.70. The van der Waals surface area contributed by atoms with Crippen LogP contribution in [-0.2, 0) is 22.4 Å². The predicted octanol–water partition coefficient (Wildman–Crippen LogP) is 1.94. The summed E-state index contributed by atoms with van der Waals surface area (Å²) in [5, 5.41) is 6.17. The summed E-state index contributed by atoms with van der Waals surface area (Å²) in [4.78, 5) is 39.3. The molecule has 0 saturated carbocycles. The Morgan fingerprint density at radius 1 is 1.13 bits per heavy atom. The molecule has 4 rings (SSSR count). The van der Waals surface area contributed by atoms with Crippen molar-refractivity contribution in [2.24, 2.45) is 0 Å². The van der Waals surface area contributed by atoms with Crippen LogP contribution in [0.25, 0.3) is 0 Å². The molecule has 8 heteroatoms. The molecule has 0 spiro atoms. The van der Waals surface area contributed by atoms with Crippen LogP contribution < -0.4 is 16.2 Å². The third kappa shape index (κ3) is 4.25. The van der Waals surface area contributed by atoms with Crippen molar-refractivity contribution in [3.8, 4) is 0 Å². The van der Waals surface area contributed by atoms with Crippen LogP contribution in [0, 0.1) is 6.92 Å². The number of ether oxygens (including phenoxy) is 1. The average Bonchev–Trinajstić information content (AvgIpc) is 3.13. The van der Waals surface area contributed by atoms with Crippen molar-refractivity contribution >= 4 is 24.3 Å². The van der Waals surface area contributed by atoms with Crippen LogP contribution >= 0.6 is 12.4 Å². The minimum atomic E-state index is -1.20. The van der Waals surface area contributed by atoms with Gasteiger partial charge < -0.3 is 19.9 Å². The summed E-state index contributed by atoms with van der Waals surface area (Å²) in [6.07, 6.45) is 4.13. The third-order valence-corrected chi connectivity index (χ3v) is 6.29. The van der Waals surface area contributed by atoms with Crippen LogP contribution in [0.2, 0.25) is 0 Å². The van der Waals surface area contributed by atoms with Crippen LogP contribution in [0.3, 0.4) is 0 Å². The molecular formula is C23H28ClN3O4. The fourth-order valence-electron chi connectivity index (χ4n) is 4.66. The molecule has 0 radical (unpaired) electrons. The van der Waals surface area contributed by atoms with Crippen LogP contribution in [0.4, 0.5) is 0 Å². The number of carbonyl (C=O) groups excluding carboxylic acids is 2. The second-order valence-electron chi connectivity index (χ2n) is 8.22. The molecule has 166 valence electrons. The van der Waals surface area contributed by atoms with E-state index in [9.17, 15) is 14.4 Å². The normalized spacial score (nSPS) is 17.4. The number of fused-ring (bicyclic) bond motifs is 1. The smallest absolute Gasteiger partial charge is 0.332 e. The molecular weight excluding hydrogens is 418 g/mol. The minimum absolute atomic E-state index is 0. The molecule has 31 heavy (non-hydrogen) atoms. The molecule has 1 aromatic carbocycles. The number of pyridine rings is 1. The van der Waals surface area contributed by atoms with Crippen molar-refractivity contribution in [2.45, 2.75) is 44.2 Å². The molecule has 1 fully saturated rings. The Balaban J connectivity index is 0.00000272. The minimum Gasteiger partial charge on any atom is -0.467 e. The summed E-state index contributed by atoms with van der Waals surface area (Å²) in [5.74, 6) is -1.03. The quantitative estimate of drug-likeness (QED) is 0.702. The molecule has 0 unspecified atom stereocenters. The van der Waals surface area contributed by atoms with Crippen molar-refractivity contribution in [1.29, 1.82) is 0 Å². The van der Waals surface area contributed by atoms with Crippen LogP contribution in [0.1, 0.15) is 45.9 Å². The first-order chi connectivity index (χ1) is 14.4. The highest BCUT2D eigenvalue weighted by atomic mass is 35.5. The maximum atomic E-state index is 13.3. The number of halogens is 1. The zero-order valence-corrected chi connectivity index (χ0v) is 18.6. The van der Waals surface area contributed by atoms with Gasteiger partial charge in [-0.05, 0) is 55.6 Å². The lowest BCUT2D eigenvalue weighted by Gasteiger charge is -2.28. The van der Waals surface area contributed by atoms with Gasteiger partial charge in [0.25, 0.3) is 11.5 Å². The molecule has 2 aliphatic rings. The molecule has 1 aromatic heterocycles. The SMILES string of the molecule is COC(=O)C1(NC(=O)c2c(C)ccn(C3CCNCC3)c2=O)Cc2ccccc2C1.Cl. The van der Waals surface area contributed by atoms with Crippen LogP contribution in [0.15, 0.2) is 41.3 Å². The van der Waals surface area contributed by atoms with Crippen molar-refractivity contribution in [2.75, 3.05) is 20.2 Å². The first-order valence-electron chi connectivity index (χ1n) is 10.4. The number of aromatic nitrogens is 1. The van der Waals surface area contributed by atoms with Gasteiger partial charge in [0.05, 0.1) is 7.11 Å². The summed E-state index contributed by atoms with van der Waals surface area (Å²) in [6, 6.07) is 9.58. The van der Waals surface area contributed by atoms with E-state index in [1.807, 2.05) is 24.3 Å². The van der Waals surface area contributed by atoms with E-state index in [2.05, 4.69) is 10.6 Å². The maximum absolute atomic E-state index is 13.3. The molecule has 2 aromatic rings. The van der Waals surface area contributed by atoms with E-state index in [-0.39, 0.29) is 29.6 Å². The number of aryl methyl sites for hydroxylation is 1. The molecule has 1 aliphatic heterocycles. The lowest BCUT2D eigenvalue weighted by molar-refractivity contribution is -0.147. The van der Waals surface area contributed by atoms with Gasteiger partial charge in [0.1, 0.15) is 11.1 Å². The Hall–Kier alpha value is -2.64. The highest BCUT2D eigenvalue weighted by Gasteiger charge is 2.46. The molecule has 1 amide bonds. The van der Waals surface area contributed by atoms with E-state index in [1.54, 1.807) is 23.8 Å². The van der Waals surface area contributed by atoms with Gasteiger partial charge in [0.15, 0.2) is 0 Å². The Kier molecular flexibility index (Phi) is 6.86. The number of amides is 1. The number of piperidine rings is 1. The summed E-state index contributed by atoms with van der Waals surface area (Å²) >= 11 is 0. The molecule has 2 heterocycles. The number of methoxy groups -OCH3 is 1. The number of hydrogen-bond donors (Lipinski definition) is 2. The predicted molar refractivity (Wildman–Crippen MR) is 120 cm³/mol. The first kappa shape index (κ1) is 23.0. The Bertz CT molecular complexity index is 1020. The lowest BCUT2D eigenvalue weighted by atomic mass is 9.94. The summed E-state index contributed by atoms with van der Waals surface area (Å²) in [7, 11) is 1.32. The molecule has 1 aliphatic carbocycles. The summed E-state index contributed by atoms with van der Waals surface area (Å²) in [5.41, 5.74) is 1.17. The summed E-state index contributed by atoms with van der Waals surface area (Å²) in [6.45, 7) is 3.43. The highest BCUT2D eigenvalue weighted by molar-refractivity contribution is 5.99. The van der Waals surface area contributed by atoms with Crippen molar-refractivity contribution < 1.29 is 14.3 Å². The zero-order chi connectivity index (χ0) is 21.3. The standard InChI is InChI=1S/C23H27N3O4.ClH/c1-15-9-12-26(18-7-10-24-11-8-18)21(28)19(15)20(27)25-23(22(29)30-2)13-16-5-3-4-6-17(16)14-23;/h3-6,9,12,18,24H,7-8,10-11,13-14H2,1-2H3,(H,25,27);1H. The third-order valence-electron chi connectivity index (χ3n) is 6.29. The maximum Gasteiger partial charge on any atom is 0.332 e. The number of nitrogens with one attached hydrogen (secondary N) is 2. The lowest BCUT2D eigenvalue weighted by Crippen LogP contribution is -2.57. The van der Waals surface area contributed by atoms with E-state index < -0.39 is 17.4 Å². The molecule has 0 atom stereocenters. The number of rotatable bonds is 4. The number of nitrogens with zero attached hydrogens (tertiary/aromatic N) is 1. The average molecular weight is 446 g/mol. The van der Waals surface area contributed by atoms with Gasteiger partial charge in [-0.2, -0.15) is 0 Å². The second kappa shape index (κ2) is 9.24. The van der Waals surface area contributed by atoms with Gasteiger partial charge in [-0.3, -0.25) is 9.59 Å². The topological polar surface area (TPSA) is 89.4 Å². The van der Waals surface area contributed by atoms with Crippen LogP contribution in [-0.4, -0.2) is 42.2 Å². The fraction of sp³-hybridized carbons (Fsp3) is 0.435. The number of benzene rings is 1. The van der Waals surface area contributed by atoms with Gasteiger partial charge in [-0.15, -0.1) is 12.4 Å². The van der Waals surface area contributed by atoms with E-state index >= 15 is 0 Å². The Morgan fingerprint density at radius 3 is 2.32 bits per heavy atom. The van der Waals surface area contributed by atoms with Gasteiger partial charge in [-0.1, -0.05) is 24.3 Å². The monoisotopic (exact) mass is 445 g/mol. The number of hydrogen-bond acceptors (Lipinski definition) is 5. The first-order valence-corrected chi connectivity index (χ1v) is 10.4. The van der Waals surface area contributed by atoms with Crippen LogP contribution in [0.5, 0.6) is 0 Å². The van der Waals surface area contributed by atoms with Gasteiger partial charge in [-0.25, -0.2) is 4.79 Å².